The highest BCUT2D eigenvalue weighted by molar-refractivity contribution is 5.93. The van der Waals surface area contributed by atoms with E-state index in [1.165, 1.54) is 11.6 Å². The van der Waals surface area contributed by atoms with Gasteiger partial charge in [-0.2, -0.15) is 10.4 Å². The predicted molar refractivity (Wildman–Crippen MR) is 159 cm³/mol. The minimum absolute atomic E-state index is 0.0115. The second-order valence-electron chi connectivity index (χ2n) is 11.5. The maximum absolute atomic E-state index is 12.4. The van der Waals surface area contributed by atoms with Crippen molar-refractivity contribution in [3.05, 3.63) is 53.4 Å². The van der Waals surface area contributed by atoms with Gasteiger partial charge in [-0.3, -0.25) is 9.89 Å². The molecule has 10 heteroatoms. The molecular weight excluding hydrogens is 516 g/mol. The number of fused-ring (bicyclic) bond motifs is 2. The zero-order chi connectivity index (χ0) is 28.7. The van der Waals surface area contributed by atoms with Crippen molar-refractivity contribution >= 4 is 28.2 Å². The number of piperazine rings is 1. The zero-order valence-corrected chi connectivity index (χ0v) is 24.2. The Morgan fingerprint density at radius 2 is 2.10 bits per heavy atom. The Kier molecular flexibility index (Phi) is 7.30. The van der Waals surface area contributed by atoms with Crippen LogP contribution in [-0.4, -0.2) is 89.4 Å². The summed E-state index contributed by atoms with van der Waals surface area (Å²) < 4.78 is 6.39. The first-order chi connectivity index (χ1) is 19.9. The number of H-pyrrole nitrogens is 1. The molecule has 10 nitrogen and oxygen atoms in total. The number of nitrogens with zero attached hydrogens (tertiary/aromatic N) is 7. The number of hydrogen-bond acceptors (Lipinski definition) is 8. The SMILES string of the molecule is C=CC(=O)N1CCN(c2c(C#N)c(OC[C@@H]3CCCN3C)nc3c2CCN(c2c(C)ccc4[nH]ncc24)C3)C[C@H]1C. The number of anilines is 2. The van der Waals surface area contributed by atoms with Gasteiger partial charge in [0.1, 0.15) is 18.2 Å². The quantitative estimate of drug-likeness (QED) is 0.463. The van der Waals surface area contributed by atoms with Gasteiger partial charge in [0.15, 0.2) is 0 Å². The van der Waals surface area contributed by atoms with Crippen LogP contribution in [0.4, 0.5) is 11.4 Å². The molecule has 214 valence electrons. The highest BCUT2D eigenvalue weighted by Crippen LogP contribution is 2.40. The van der Waals surface area contributed by atoms with E-state index in [9.17, 15) is 10.1 Å². The first-order valence-electron chi connectivity index (χ1n) is 14.5. The molecule has 2 fully saturated rings. The van der Waals surface area contributed by atoms with E-state index in [1.54, 1.807) is 0 Å². The number of carbonyl (C=O) groups is 1. The molecule has 0 bridgehead atoms. The molecule has 2 atom stereocenters. The molecule has 41 heavy (non-hydrogen) atoms. The van der Waals surface area contributed by atoms with Crippen LogP contribution < -0.4 is 14.5 Å². The first-order valence-corrected chi connectivity index (χ1v) is 14.5. The van der Waals surface area contributed by atoms with E-state index >= 15 is 0 Å². The summed E-state index contributed by atoms with van der Waals surface area (Å²) >= 11 is 0. The first kappa shape index (κ1) is 27.1. The summed E-state index contributed by atoms with van der Waals surface area (Å²) in [4.78, 5) is 26.3. The number of rotatable bonds is 6. The molecule has 3 aromatic rings. The number of benzene rings is 1. The topological polar surface area (TPSA) is 105 Å². The molecule has 2 aromatic heterocycles. The van der Waals surface area contributed by atoms with Crippen LogP contribution in [-0.2, 0) is 17.8 Å². The van der Waals surface area contributed by atoms with Crippen molar-refractivity contribution in [1.29, 1.82) is 5.26 Å². The van der Waals surface area contributed by atoms with Crippen LogP contribution >= 0.6 is 0 Å². The number of aryl methyl sites for hydroxylation is 1. The van der Waals surface area contributed by atoms with Crippen LogP contribution in [0.3, 0.4) is 0 Å². The van der Waals surface area contributed by atoms with Gasteiger partial charge >= 0.3 is 0 Å². The minimum Gasteiger partial charge on any atom is -0.475 e. The molecule has 0 unspecified atom stereocenters. The molecule has 1 amide bonds. The fraction of sp³-hybridized carbons (Fsp3) is 0.484. The van der Waals surface area contributed by atoms with E-state index in [4.69, 9.17) is 9.72 Å². The van der Waals surface area contributed by atoms with Gasteiger partial charge < -0.3 is 24.3 Å². The van der Waals surface area contributed by atoms with Crippen molar-refractivity contribution in [2.45, 2.75) is 51.7 Å². The molecule has 0 saturated carbocycles. The third-order valence-corrected chi connectivity index (χ3v) is 9.00. The van der Waals surface area contributed by atoms with Crippen molar-refractivity contribution < 1.29 is 9.53 Å². The van der Waals surface area contributed by atoms with E-state index in [-0.39, 0.29) is 11.9 Å². The van der Waals surface area contributed by atoms with Crippen molar-refractivity contribution in [2.75, 3.05) is 56.2 Å². The summed E-state index contributed by atoms with van der Waals surface area (Å²) in [6.45, 7) is 12.7. The third kappa shape index (κ3) is 4.88. The van der Waals surface area contributed by atoms with Crippen LogP contribution in [0, 0.1) is 18.3 Å². The van der Waals surface area contributed by atoms with Crippen molar-refractivity contribution in [3.63, 3.8) is 0 Å². The molecule has 1 aromatic carbocycles. The molecule has 3 aliphatic rings. The predicted octanol–water partition coefficient (Wildman–Crippen LogP) is 3.40. The molecule has 6 rings (SSSR count). The molecule has 2 saturated heterocycles. The van der Waals surface area contributed by atoms with Crippen molar-refractivity contribution in [2.24, 2.45) is 0 Å². The number of pyridine rings is 1. The van der Waals surface area contributed by atoms with Crippen LogP contribution in [0.1, 0.15) is 42.1 Å². The Morgan fingerprint density at radius 1 is 1.24 bits per heavy atom. The number of nitrogens with one attached hydrogen (secondary N) is 1. The fourth-order valence-electron chi connectivity index (χ4n) is 6.78. The number of aromatic amines is 1. The van der Waals surface area contributed by atoms with Gasteiger partial charge in [0.2, 0.25) is 11.8 Å². The molecule has 3 aliphatic heterocycles. The Labute approximate surface area is 241 Å². The van der Waals surface area contributed by atoms with Crippen LogP contribution in [0.15, 0.2) is 31.0 Å². The standard InChI is InChI=1S/C31H38N8O2/c1-5-28(40)39-14-13-38(17-21(39)3)30-23-10-12-37(29-20(2)8-9-26-25(29)16-33-35-26)18-27(23)34-31(24(30)15-32)41-19-22-7-6-11-36(22)4/h5,8-9,16,21-22H,1,6-7,10-14,17-19H2,2-4H3,(H,33,35)/t21-,22+/m1/s1. The van der Waals surface area contributed by atoms with E-state index in [1.807, 2.05) is 11.1 Å². The van der Waals surface area contributed by atoms with E-state index < -0.39 is 0 Å². The summed E-state index contributed by atoms with van der Waals surface area (Å²) in [6, 6.07) is 6.96. The van der Waals surface area contributed by atoms with Gasteiger partial charge in [-0.05, 0) is 64.4 Å². The second kappa shape index (κ2) is 11.1. The average Bonchev–Trinajstić information content (AvgIpc) is 3.62. The van der Waals surface area contributed by atoms with Crippen LogP contribution in [0.2, 0.25) is 0 Å². The maximum atomic E-state index is 12.4. The van der Waals surface area contributed by atoms with Gasteiger partial charge in [0, 0.05) is 49.2 Å². The number of likely N-dealkylation sites (tertiary alicyclic amines) is 1. The summed E-state index contributed by atoms with van der Waals surface area (Å²) in [7, 11) is 2.13. The Balaban J connectivity index is 1.39. The van der Waals surface area contributed by atoms with Gasteiger partial charge in [-0.1, -0.05) is 12.6 Å². The van der Waals surface area contributed by atoms with E-state index in [0.717, 1.165) is 65.9 Å². The third-order valence-electron chi connectivity index (χ3n) is 9.00. The van der Waals surface area contributed by atoms with Crippen LogP contribution in [0.25, 0.3) is 10.9 Å². The highest BCUT2D eigenvalue weighted by atomic mass is 16.5. The fourth-order valence-corrected chi connectivity index (χ4v) is 6.78. The zero-order valence-electron chi connectivity index (χ0n) is 24.2. The van der Waals surface area contributed by atoms with Crippen molar-refractivity contribution in [1.82, 2.24) is 25.0 Å². The smallest absolute Gasteiger partial charge is 0.246 e. The molecule has 1 N–H and O–H groups in total. The average molecular weight is 555 g/mol. The number of likely N-dealkylation sites (N-methyl/N-ethyl adjacent to an activating group) is 1. The number of aromatic nitrogens is 3. The second-order valence-corrected chi connectivity index (χ2v) is 11.5. The van der Waals surface area contributed by atoms with Gasteiger partial charge in [-0.15, -0.1) is 0 Å². The monoisotopic (exact) mass is 554 g/mol. The lowest BCUT2D eigenvalue weighted by Crippen LogP contribution is -2.54. The van der Waals surface area contributed by atoms with E-state index in [0.29, 0.717) is 50.3 Å². The molecular formula is C31H38N8O2. The number of ether oxygens (including phenoxy) is 1. The Morgan fingerprint density at radius 3 is 2.83 bits per heavy atom. The molecule has 0 spiro atoms. The van der Waals surface area contributed by atoms with Gasteiger partial charge in [-0.25, -0.2) is 4.98 Å². The van der Waals surface area contributed by atoms with Gasteiger partial charge in [0.25, 0.3) is 0 Å². The Hall–Kier alpha value is -4.10. The van der Waals surface area contributed by atoms with Gasteiger partial charge in [0.05, 0.1) is 35.3 Å². The number of nitriles is 1. The molecule has 0 aliphatic carbocycles. The lowest BCUT2D eigenvalue weighted by molar-refractivity contribution is -0.128. The molecule has 0 radical (unpaired) electrons. The summed E-state index contributed by atoms with van der Waals surface area (Å²) in [5, 5.41) is 19.0. The number of hydrogen-bond donors (Lipinski definition) is 1. The minimum atomic E-state index is -0.0569. The lowest BCUT2D eigenvalue weighted by Gasteiger charge is -2.42. The summed E-state index contributed by atoms with van der Waals surface area (Å²) in [5.41, 5.74) is 6.83. The lowest BCUT2D eigenvalue weighted by atomic mass is 9.96. The summed E-state index contributed by atoms with van der Waals surface area (Å²) in [6.07, 6.45) is 6.26. The van der Waals surface area contributed by atoms with Crippen molar-refractivity contribution in [3.8, 4) is 11.9 Å². The number of amides is 1. The Bertz CT molecular complexity index is 1520. The van der Waals surface area contributed by atoms with Crippen LogP contribution in [0.5, 0.6) is 5.88 Å². The highest BCUT2D eigenvalue weighted by Gasteiger charge is 2.34. The summed E-state index contributed by atoms with van der Waals surface area (Å²) in [5.74, 6) is 0.359. The normalized spacial score (nSPS) is 21.2. The number of carbonyl (C=O) groups excluding carboxylic acids is 1. The van der Waals surface area contributed by atoms with E-state index in [2.05, 4.69) is 70.6 Å². The largest absolute Gasteiger partial charge is 0.475 e. The molecule has 5 heterocycles. The maximum Gasteiger partial charge on any atom is 0.246 e.